The molecule has 2 fully saturated rings. The first-order valence-corrected chi connectivity index (χ1v) is 12.7. The number of hydrogen-bond acceptors (Lipinski definition) is 5. The molecule has 3 atom stereocenters. The van der Waals surface area contributed by atoms with E-state index in [4.69, 9.17) is 16.3 Å². The predicted molar refractivity (Wildman–Crippen MR) is 142 cm³/mol. The minimum atomic E-state index is -1.60. The standard InChI is InChI=1S/C29H26ClN3O4/c1-18-17-31-24-15-21(30)14-13-20(24)16-29(25(31)19(2)37-18)26(34)32(22-9-5-3-6-10-22)28(36)33(27(29)35)23-11-7-4-8-12-23/h3-15,18-19,25H,16-17H2,1-2H3/t18-,19+,25-/m1/s1. The fourth-order valence-corrected chi connectivity index (χ4v) is 6.35. The minimum absolute atomic E-state index is 0.125. The number of carbonyl (C=O) groups is 3. The molecule has 6 rings (SSSR count). The summed E-state index contributed by atoms with van der Waals surface area (Å²) < 4.78 is 6.23. The highest BCUT2D eigenvalue weighted by molar-refractivity contribution is 6.39. The van der Waals surface area contributed by atoms with E-state index in [1.807, 2.05) is 38.1 Å². The summed E-state index contributed by atoms with van der Waals surface area (Å²) in [7, 11) is 0. The lowest BCUT2D eigenvalue weighted by molar-refractivity contribution is -0.150. The van der Waals surface area contributed by atoms with Crippen LogP contribution in [-0.2, 0) is 20.7 Å². The Labute approximate surface area is 220 Å². The first-order valence-electron chi connectivity index (χ1n) is 12.4. The van der Waals surface area contributed by atoms with Gasteiger partial charge >= 0.3 is 6.03 Å². The average molecular weight is 516 g/mol. The zero-order valence-electron chi connectivity index (χ0n) is 20.5. The number of amides is 4. The second-order valence-corrected chi connectivity index (χ2v) is 10.3. The number of nitrogens with zero attached hydrogens (tertiary/aromatic N) is 3. The average Bonchev–Trinajstić information content (AvgIpc) is 2.89. The minimum Gasteiger partial charge on any atom is -0.372 e. The van der Waals surface area contributed by atoms with Crippen LogP contribution in [0.3, 0.4) is 0 Å². The van der Waals surface area contributed by atoms with Crippen molar-refractivity contribution in [3.8, 4) is 0 Å². The van der Waals surface area contributed by atoms with Crippen LogP contribution in [0.4, 0.5) is 21.9 Å². The van der Waals surface area contributed by atoms with Crippen LogP contribution in [0.2, 0.25) is 5.02 Å². The van der Waals surface area contributed by atoms with Crippen LogP contribution in [0.1, 0.15) is 19.4 Å². The number of hydrogen-bond donors (Lipinski definition) is 0. The third-order valence-corrected chi connectivity index (χ3v) is 7.83. The number of urea groups is 1. The number of fused-ring (bicyclic) bond motifs is 4. The number of anilines is 3. The molecular weight excluding hydrogens is 490 g/mol. The second kappa shape index (κ2) is 8.71. The number of benzene rings is 3. The van der Waals surface area contributed by atoms with Crippen LogP contribution in [-0.4, -0.2) is 42.6 Å². The van der Waals surface area contributed by atoms with Crippen LogP contribution in [0.5, 0.6) is 0 Å². The summed E-state index contributed by atoms with van der Waals surface area (Å²) in [5.41, 5.74) is 0.951. The van der Waals surface area contributed by atoms with Gasteiger partial charge in [-0.15, -0.1) is 0 Å². The van der Waals surface area contributed by atoms with Gasteiger partial charge in [0.15, 0.2) is 5.41 Å². The largest absolute Gasteiger partial charge is 0.372 e. The summed E-state index contributed by atoms with van der Waals surface area (Å²) >= 11 is 6.39. The lowest BCUT2D eigenvalue weighted by Gasteiger charge is -2.57. The first-order chi connectivity index (χ1) is 17.8. The van der Waals surface area contributed by atoms with Crippen LogP contribution in [0.25, 0.3) is 0 Å². The molecule has 0 saturated carbocycles. The number of imide groups is 2. The van der Waals surface area contributed by atoms with Gasteiger partial charge in [-0.25, -0.2) is 14.6 Å². The van der Waals surface area contributed by atoms with Crippen LogP contribution < -0.4 is 14.7 Å². The zero-order chi connectivity index (χ0) is 25.9. The van der Waals surface area contributed by atoms with Gasteiger partial charge in [0.05, 0.1) is 29.6 Å². The highest BCUT2D eigenvalue weighted by Crippen LogP contribution is 2.50. The molecule has 0 aliphatic carbocycles. The van der Waals surface area contributed by atoms with Crippen molar-refractivity contribution in [2.45, 2.75) is 38.5 Å². The Bertz CT molecular complexity index is 1340. The topological polar surface area (TPSA) is 70.2 Å². The van der Waals surface area contributed by atoms with Gasteiger partial charge in [-0.05, 0) is 62.2 Å². The Morgan fingerprint density at radius 2 is 1.41 bits per heavy atom. The van der Waals surface area contributed by atoms with Crippen LogP contribution >= 0.6 is 11.6 Å². The van der Waals surface area contributed by atoms with E-state index in [1.54, 1.807) is 54.6 Å². The highest BCUT2D eigenvalue weighted by Gasteiger charge is 2.67. The third kappa shape index (κ3) is 3.49. The molecule has 0 radical (unpaired) electrons. The maximum Gasteiger partial charge on any atom is 0.342 e. The maximum absolute atomic E-state index is 14.6. The lowest BCUT2D eigenvalue weighted by atomic mass is 9.65. The molecule has 3 aliphatic rings. The summed E-state index contributed by atoms with van der Waals surface area (Å²) in [5.74, 6) is -1.08. The van der Waals surface area contributed by atoms with Crippen molar-refractivity contribution in [2.75, 3.05) is 21.2 Å². The molecular formula is C29H26ClN3O4. The van der Waals surface area contributed by atoms with E-state index in [0.717, 1.165) is 21.1 Å². The van der Waals surface area contributed by atoms with E-state index in [9.17, 15) is 14.4 Å². The molecule has 0 aromatic heterocycles. The number of carbonyl (C=O) groups excluding carboxylic acids is 3. The van der Waals surface area contributed by atoms with E-state index in [0.29, 0.717) is 22.9 Å². The first kappa shape index (κ1) is 23.7. The molecule has 3 aromatic carbocycles. The van der Waals surface area contributed by atoms with Gasteiger partial charge in [0.2, 0.25) is 0 Å². The quantitative estimate of drug-likeness (QED) is 0.446. The molecule has 0 bridgehead atoms. The number of halogens is 1. The number of barbiturate groups is 1. The van der Waals surface area contributed by atoms with Gasteiger partial charge in [-0.1, -0.05) is 54.1 Å². The summed E-state index contributed by atoms with van der Waals surface area (Å²) in [6.07, 6.45) is -0.466. The molecule has 4 amide bonds. The van der Waals surface area contributed by atoms with E-state index in [1.165, 1.54) is 0 Å². The normalized spacial score (nSPS) is 24.8. The molecule has 1 spiro atoms. The van der Waals surface area contributed by atoms with Gasteiger partial charge in [-0.3, -0.25) is 9.59 Å². The van der Waals surface area contributed by atoms with Crippen LogP contribution in [0.15, 0.2) is 78.9 Å². The van der Waals surface area contributed by atoms with Crippen molar-refractivity contribution in [2.24, 2.45) is 5.41 Å². The van der Waals surface area contributed by atoms with Crippen molar-refractivity contribution in [3.05, 3.63) is 89.4 Å². The molecule has 37 heavy (non-hydrogen) atoms. The molecule has 3 heterocycles. The Balaban J connectivity index is 1.61. The van der Waals surface area contributed by atoms with Gasteiger partial charge in [0, 0.05) is 17.3 Å². The number of morpholine rings is 1. The van der Waals surface area contributed by atoms with Crippen molar-refractivity contribution in [3.63, 3.8) is 0 Å². The van der Waals surface area contributed by atoms with Gasteiger partial charge in [-0.2, -0.15) is 0 Å². The Kier molecular flexibility index (Phi) is 5.58. The Morgan fingerprint density at radius 1 is 0.838 bits per heavy atom. The Morgan fingerprint density at radius 3 is 1.97 bits per heavy atom. The fourth-order valence-electron chi connectivity index (χ4n) is 6.18. The monoisotopic (exact) mass is 515 g/mol. The van der Waals surface area contributed by atoms with Crippen LogP contribution in [0, 0.1) is 5.41 Å². The zero-order valence-corrected chi connectivity index (χ0v) is 21.3. The Hall–Kier alpha value is -3.68. The van der Waals surface area contributed by atoms with Crippen molar-refractivity contribution < 1.29 is 19.1 Å². The molecule has 188 valence electrons. The van der Waals surface area contributed by atoms with Crippen molar-refractivity contribution in [1.29, 1.82) is 0 Å². The lowest BCUT2D eigenvalue weighted by Crippen LogP contribution is -2.76. The smallest absolute Gasteiger partial charge is 0.342 e. The van der Waals surface area contributed by atoms with E-state index in [-0.39, 0.29) is 12.5 Å². The van der Waals surface area contributed by atoms with E-state index in [2.05, 4.69) is 4.90 Å². The van der Waals surface area contributed by atoms with E-state index >= 15 is 0 Å². The van der Waals surface area contributed by atoms with Crippen molar-refractivity contribution >= 4 is 46.5 Å². The maximum atomic E-state index is 14.6. The molecule has 3 aliphatic heterocycles. The summed E-state index contributed by atoms with van der Waals surface area (Å²) in [6.45, 7) is 4.34. The molecule has 2 saturated heterocycles. The number of para-hydroxylation sites is 2. The molecule has 8 heteroatoms. The summed E-state index contributed by atoms with van der Waals surface area (Å²) in [6, 6.07) is 21.7. The fraction of sp³-hybridized carbons (Fsp3) is 0.276. The van der Waals surface area contributed by atoms with E-state index < -0.39 is 35.4 Å². The molecule has 0 unspecified atom stereocenters. The third-order valence-electron chi connectivity index (χ3n) is 7.59. The van der Waals surface area contributed by atoms with Gasteiger partial charge in [0.1, 0.15) is 0 Å². The predicted octanol–water partition coefficient (Wildman–Crippen LogP) is 5.06. The molecule has 7 nitrogen and oxygen atoms in total. The summed E-state index contributed by atoms with van der Waals surface area (Å²) in [4.78, 5) is 47.5. The number of rotatable bonds is 2. The number of ether oxygens (including phenoxy) is 1. The van der Waals surface area contributed by atoms with Gasteiger partial charge in [0.25, 0.3) is 11.8 Å². The second-order valence-electron chi connectivity index (χ2n) is 9.90. The van der Waals surface area contributed by atoms with Gasteiger partial charge < -0.3 is 9.64 Å². The molecule has 0 N–H and O–H groups in total. The highest BCUT2D eigenvalue weighted by atomic mass is 35.5. The van der Waals surface area contributed by atoms with Crippen molar-refractivity contribution in [1.82, 2.24) is 0 Å². The summed E-state index contributed by atoms with van der Waals surface area (Å²) in [5, 5.41) is 0.577. The molecule has 3 aromatic rings. The SMILES string of the molecule is C[C@@H]1CN2c3cc(Cl)ccc3CC3(C(=O)N(c4ccccc4)C(=O)N(c4ccccc4)C3=O)[C@H]2[C@H](C)O1.